The van der Waals surface area contributed by atoms with Crippen LogP contribution in [0.4, 0.5) is 5.69 Å². The van der Waals surface area contributed by atoms with Gasteiger partial charge >= 0.3 is 5.97 Å². The number of carbonyl (C=O) groups excluding carboxylic acids is 2. The van der Waals surface area contributed by atoms with Crippen LogP contribution in [0.5, 0.6) is 17.2 Å². The largest absolute Gasteiger partial charge is 0.486 e. The van der Waals surface area contributed by atoms with Gasteiger partial charge in [0.2, 0.25) is 0 Å². The molecule has 2 atom stereocenters. The number of carbonyl (C=O) groups is 2. The normalized spacial score (nSPS) is 14.1. The predicted molar refractivity (Wildman–Crippen MR) is 103 cm³/mol. The second-order valence-corrected chi connectivity index (χ2v) is 6.32. The number of anilines is 1. The maximum atomic E-state index is 12.3. The lowest BCUT2D eigenvalue weighted by atomic mass is 10.2. The molecule has 1 aliphatic rings. The summed E-state index contributed by atoms with van der Waals surface area (Å²) in [5.41, 5.74) is 0.987. The molecule has 0 unspecified atom stereocenters. The number of benzene rings is 2. The molecular weight excluding hydrogens is 376 g/mol. The van der Waals surface area contributed by atoms with Gasteiger partial charge in [0.05, 0.1) is 11.6 Å². The highest BCUT2D eigenvalue weighted by molar-refractivity contribution is 5.95. The summed E-state index contributed by atoms with van der Waals surface area (Å²) in [5, 5.41) is 11.5. The lowest BCUT2D eigenvalue weighted by Crippen LogP contribution is -2.35. The summed E-state index contributed by atoms with van der Waals surface area (Å²) in [5.74, 6) is 0.409. The highest BCUT2D eigenvalue weighted by Gasteiger charge is 2.24. The zero-order valence-electron chi connectivity index (χ0n) is 16.0. The van der Waals surface area contributed by atoms with E-state index in [0.717, 1.165) is 0 Å². The van der Waals surface area contributed by atoms with Crippen LogP contribution in [-0.2, 0) is 14.3 Å². The van der Waals surface area contributed by atoms with Crippen molar-refractivity contribution in [3.05, 3.63) is 48.0 Å². The van der Waals surface area contributed by atoms with Gasteiger partial charge in [-0.1, -0.05) is 0 Å². The molecule has 1 amide bonds. The molecule has 0 aliphatic carbocycles. The van der Waals surface area contributed by atoms with Gasteiger partial charge in [0, 0.05) is 11.8 Å². The van der Waals surface area contributed by atoms with Crippen LogP contribution in [0, 0.1) is 11.3 Å². The van der Waals surface area contributed by atoms with Gasteiger partial charge in [0.15, 0.2) is 23.7 Å². The Morgan fingerprint density at radius 1 is 1.03 bits per heavy atom. The first-order valence-corrected chi connectivity index (χ1v) is 9.04. The highest BCUT2D eigenvalue weighted by atomic mass is 16.6. The zero-order chi connectivity index (χ0) is 20.8. The summed E-state index contributed by atoms with van der Waals surface area (Å²) in [6, 6.07) is 13.4. The van der Waals surface area contributed by atoms with Gasteiger partial charge < -0.3 is 24.3 Å². The molecule has 1 aliphatic heterocycles. The first-order valence-electron chi connectivity index (χ1n) is 9.04. The Morgan fingerprint density at radius 2 is 1.72 bits per heavy atom. The summed E-state index contributed by atoms with van der Waals surface area (Å²) in [6.45, 7) is 3.91. The van der Waals surface area contributed by atoms with Crippen molar-refractivity contribution in [1.82, 2.24) is 0 Å². The van der Waals surface area contributed by atoms with Crippen molar-refractivity contribution >= 4 is 17.6 Å². The summed E-state index contributed by atoms with van der Waals surface area (Å²) in [4.78, 5) is 24.5. The number of nitriles is 1. The molecule has 8 nitrogen and oxygen atoms in total. The van der Waals surface area contributed by atoms with E-state index in [0.29, 0.717) is 41.7 Å². The predicted octanol–water partition coefficient (Wildman–Crippen LogP) is 2.67. The number of nitrogens with zero attached hydrogens (tertiary/aromatic N) is 1. The second-order valence-electron chi connectivity index (χ2n) is 6.32. The Kier molecular flexibility index (Phi) is 6.19. The maximum Gasteiger partial charge on any atom is 0.347 e. The Labute approximate surface area is 167 Å². The molecule has 0 aromatic heterocycles. The van der Waals surface area contributed by atoms with E-state index in [9.17, 15) is 9.59 Å². The van der Waals surface area contributed by atoms with E-state index in [2.05, 4.69) is 5.32 Å². The van der Waals surface area contributed by atoms with E-state index < -0.39 is 24.1 Å². The van der Waals surface area contributed by atoms with Gasteiger partial charge in [-0.05, 0) is 50.2 Å². The van der Waals surface area contributed by atoms with Crippen molar-refractivity contribution < 1.29 is 28.5 Å². The SMILES string of the molecule is C[C@H](OC(=O)[C@@H](C)Oc1ccc(C#N)cc1)C(=O)Nc1ccc2c(c1)OCCO2. The number of nitrogens with one attached hydrogen (secondary N) is 1. The van der Waals surface area contributed by atoms with Crippen molar-refractivity contribution in [1.29, 1.82) is 5.26 Å². The quantitative estimate of drug-likeness (QED) is 0.748. The van der Waals surface area contributed by atoms with Crippen LogP contribution in [-0.4, -0.2) is 37.3 Å². The fraction of sp³-hybridized carbons (Fsp3) is 0.286. The third-order valence-corrected chi connectivity index (χ3v) is 4.10. The molecule has 0 saturated carbocycles. The van der Waals surface area contributed by atoms with Gasteiger partial charge in [-0.2, -0.15) is 5.26 Å². The first kappa shape index (κ1) is 20.0. The van der Waals surface area contributed by atoms with Crippen LogP contribution in [0.25, 0.3) is 0 Å². The van der Waals surface area contributed by atoms with Gasteiger partial charge in [-0.25, -0.2) is 4.79 Å². The van der Waals surface area contributed by atoms with Gasteiger partial charge in [-0.3, -0.25) is 4.79 Å². The lowest BCUT2D eigenvalue weighted by Gasteiger charge is -2.20. The topological polar surface area (TPSA) is 107 Å². The number of hydrogen-bond acceptors (Lipinski definition) is 7. The third kappa shape index (κ3) is 5.17. The molecule has 1 N–H and O–H groups in total. The maximum absolute atomic E-state index is 12.3. The summed E-state index contributed by atoms with van der Waals surface area (Å²) < 4.78 is 21.6. The van der Waals surface area contributed by atoms with Crippen molar-refractivity contribution in [3.63, 3.8) is 0 Å². The molecule has 0 fully saturated rings. The fourth-order valence-electron chi connectivity index (χ4n) is 2.55. The molecule has 3 rings (SSSR count). The first-order chi connectivity index (χ1) is 14.0. The monoisotopic (exact) mass is 396 g/mol. The van der Waals surface area contributed by atoms with E-state index in [-0.39, 0.29) is 0 Å². The minimum atomic E-state index is -1.03. The van der Waals surface area contributed by atoms with Gasteiger partial charge in [0.1, 0.15) is 19.0 Å². The molecule has 29 heavy (non-hydrogen) atoms. The summed E-state index contributed by atoms with van der Waals surface area (Å²) in [7, 11) is 0. The number of rotatable bonds is 6. The van der Waals surface area contributed by atoms with E-state index in [1.807, 2.05) is 6.07 Å². The summed E-state index contributed by atoms with van der Waals surface area (Å²) >= 11 is 0. The molecule has 150 valence electrons. The number of esters is 1. The average Bonchev–Trinajstić information content (AvgIpc) is 2.74. The molecule has 1 heterocycles. The molecule has 0 spiro atoms. The van der Waals surface area contributed by atoms with Crippen molar-refractivity contribution in [2.75, 3.05) is 18.5 Å². The number of amides is 1. The Hall–Kier alpha value is -3.73. The molecule has 0 bridgehead atoms. The third-order valence-electron chi connectivity index (χ3n) is 4.10. The van der Waals surface area contributed by atoms with Crippen LogP contribution >= 0.6 is 0 Å². The molecule has 8 heteroatoms. The minimum Gasteiger partial charge on any atom is -0.486 e. The zero-order valence-corrected chi connectivity index (χ0v) is 16.0. The van der Waals surface area contributed by atoms with Gasteiger partial charge in [0.25, 0.3) is 5.91 Å². The van der Waals surface area contributed by atoms with Crippen molar-refractivity contribution in [2.24, 2.45) is 0 Å². The molecule has 0 saturated heterocycles. The van der Waals surface area contributed by atoms with E-state index in [4.69, 9.17) is 24.2 Å². The smallest absolute Gasteiger partial charge is 0.347 e. The van der Waals surface area contributed by atoms with Crippen molar-refractivity contribution in [2.45, 2.75) is 26.1 Å². The minimum absolute atomic E-state index is 0.418. The standard InChI is InChI=1S/C21H20N2O6/c1-13(20(24)23-16-5-8-18-19(11-16)27-10-9-26-18)29-21(25)14(2)28-17-6-3-15(12-22)4-7-17/h3-8,11,13-14H,9-10H2,1-2H3,(H,23,24)/t13-,14+/m0/s1. The molecule has 2 aromatic carbocycles. The number of ether oxygens (including phenoxy) is 4. The van der Waals surface area contributed by atoms with Crippen LogP contribution in [0.3, 0.4) is 0 Å². The van der Waals surface area contributed by atoms with Crippen LogP contribution in [0.15, 0.2) is 42.5 Å². The van der Waals surface area contributed by atoms with E-state index in [1.165, 1.54) is 13.8 Å². The van der Waals surface area contributed by atoms with E-state index >= 15 is 0 Å². The Balaban J connectivity index is 1.52. The summed E-state index contributed by atoms with van der Waals surface area (Å²) in [6.07, 6.45) is -1.95. The molecule has 0 radical (unpaired) electrons. The molecule has 2 aromatic rings. The van der Waals surface area contributed by atoms with Crippen molar-refractivity contribution in [3.8, 4) is 23.3 Å². The van der Waals surface area contributed by atoms with Gasteiger partial charge in [-0.15, -0.1) is 0 Å². The van der Waals surface area contributed by atoms with Crippen LogP contribution < -0.4 is 19.5 Å². The Bertz CT molecular complexity index is 935. The van der Waals surface area contributed by atoms with Crippen LogP contribution in [0.1, 0.15) is 19.4 Å². The van der Waals surface area contributed by atoms with Crippen LogP contribution in [0.2, 0.25) is 0 Å². The fourth-order valence-corrected chi connectivity index (χ4v) is 2.55. The number of hydrogen-bond donors (Lipinski definition) is 1. The Morgan fingerprint density at radius 3 is 2.41 bits per heavy atom. The average molecular weight is 396 g/mol. The van der Waals surface area contributed by atoms with E-state index in [1.54, 1.807) is 42.5 Å². The highest BCUT2D eigenvalue weighted by Crippen LogP contribution is 2.32. The second kappa shape index (κ2) is 8.97. The lowest BCUT2D eigenvalue weighted by molar-refractivity contribution is -0.159. The number of fused-ring (bicyclic) bond motifs is 1. The molecular formula is C21H20N2O6.